The van der Waals surface area contributed by atoms with Gasteiger partial charge in [-0.3, -0.25) is 0 Å². The second-order valence-corrected chi connectivity index (χ2v) is 5.19. The van der Waals surface area contributed by atoms with Gasteiger partial charge >= 0.3 is 0 Å². The first-order valence-electron chi connectivity index (χ1n) is 5.61. The van der Waals surface area contributed by atoms with Crippen LogP contribution in [0.5, 0.6) is 0 Å². The number of hydrogen-bond donors (Lipinski definition) is 0. The lowest BCUT2D eigenvalue weighted by atomic mass is 10.1. The van der Waals surface area contributed by atoms with Crippen molar-refractivity contribution in [2.75, 3.05) is 6.61 Å². The zero-order valence-corrected chi connectivity index (χ0v) is 11.5. The second-order valence-electron chi connectivity index (χ2n) is 3.80. The van der Waals surface area contributed by atoms with Crippen LogP contribution in [0.4, 0.5) is 0 Å². The van der Waals surface area contributed by atoms with Crippen molar-refractivity contribution < 1.29 is 4.74 Å². The van der Waals surface area contributed by atoms with Crippen molar-refractivity contribution in [3.05, 3.63) is 33.6 Å². The Morgan fingerprint density at radius 2 is 2.07 bits per heavy atom. The summed E-state index contributed by atoms with van der Waals surface area (Å²) in [5.41, 5.74) is 1.14. The van der Waals surface area contributed by atoms with Crippen molar-refractivity contribution >= 4 is 22.6 Å². The minimum atomic E-state index is 0.787. The molecule has 0 unspecified atom stereocenters. The molecule has 1 rings (SSSR count). The van der Waals surface area contributed by atoms with Gasteiger partial charge in [-0.25, -0.2) is 0 Å². The van der Waals surface area contributed by atoms with Crippen molar-refractivity contribution in [2.45, 2.75) is 39.0 Å². The van der Waals surface area contributed by atoms with E-state index in [0.29, 0.717) is 0 Å². The maximum Gasteiger partial charge on any atom is 0.121 e. The summed E-state index contributed by atoms with van der Waals surface area (Å²) in [7, 11) is 0. The van der Waals surface area contributed by atoms with E-state index in [-0.39, 0.29) is 0 Å². The Morgan fingerprint density at radius 1 is 1.33 bits per heavy atom. The Balaban J connectivity index is 2.70. The molecule has 0 atom stereocenters. The van der Waals surface area contributed by atoms with Gasteiger partial charge < -0.3 is 4.74 Å². The fourth-order valence-corrected chi connectivity index (χ4v) is 2.05. The molecule has 1 nitrogen and oxygen atoms in total. The standard InChI is InChI=1S/C13H19IO/c1-3-10-15-13-9-8-12(14)7-5-4-6-11(13)2/h8-9H,2-7,10H2,1H3/b12-8+,13-9?. The molecule has 0 saturated carbocycles. The molecular formula is C13H19IO. The van der Waals surface area contributed by atoms with Crippen LogP contribution in [-0.2, 0) is 4.74 Å². The van der Waals surface area contributed by atoms with Crippen LogP contribution < -0.4 is 0 Å². The quantitative estimate of drug-likeness (QED) is 0.683. The summed E-state index contributed by atoms with van der Waals surface area (Å²) in [5.74, 6) is 0.980. The van der Waals surface area contributed by atoms with Crippen molar-refractivity contribution in [3.63, 3.8) is 0 Å². The molecule has 2 heteroatoms. The number of halogens is 1. The molecule has 0 aromatic carbocycles. The maximum atomic E-state index is 5.70. The fourth-order valence-electron chi connectivity index (χ4n) is 1.48. The molecule has 15 heavy (non-hydrogen) atoms. The Kier molecular flexibility index (Phi) is 6.06. The molecule has 1 aliphatic rings. The van der Waals surface area contributed by atoms with Crippen molar-refractivity contribution in [3.8, 4) is 0 Å². The molecule has 0 radical (unpaired) electrons. The Morgan fingerprint density at radius 3 is 2.80 bits per heavy atom. The van der Waals surface area contributed by atoms with Gasteiger partial charge in [-0.1, -0.05) is 13.5 Å². The predicted molar refractivity (Wildman–Crippen MR) is 74.0 cm³/mol. The molecule has 0 N–H and O–H groups in total. The first-order valence-corrected chi connectivity index (χ1v) is 6.69. The van der Waals surface area contributed by atoms with Crippen LogP contribution in [0.15, 0.2) is 33.6 Å². The minimum Gasteiger partial charge on any atom is -0.493 e. The average molecular weight is 318 g/mol. The normalized spacial score (nSPS) is 21.9. The molecule has 0 aliphatic heterocycles. The van der Waals surface area contributed by atoms with Crippen molar-refractivity contribution in [1.82, 2.24) is 0 Å². The first kappa shape index (κ1) is 12.8. The van der Waals surface area contributed by atoms with E-state index in [0.717, 1.165) is 30.8 Å². The highest BCUT2D eigenvalue weighted by molar-refractivity contribution is 14.1. The molecular weight excluding hydrogens is 299 g/mol. The molecule has 0 fully saturated rings. The van der Waals surface area contributed by atoms with Crippen LogP contribution in [0.1, 0.15) is 39.0 Å². The van der Waals surface area contributed by atoms with Crippen LogP contribution in [0.2, 0.25) is 0 Å². The van der Waals surface area contributed by atoms with E-state index in [1.165, 1.54) is 22.8 Å². The third kappa shape index (κ3) is 4.87. The molecule has 0 bridgehead atoms. The van der Waals surface area contributed by atoms with Crippen LogP contribution in [0.25, 0.3) is 0 Å². The minimum absolute atomic E-state index is 0.787. The van der Waals surface area contributed by atoms with E-state index in [1.54, 1.807) is 0 Å². The second kappa shape index (κ2) is 7.09. The van der Waals surface area contributed by atoms with Gasteiger partial charge in [0.2, 0.25) is 0 Å². The third-order valence-corrected chi connectivity index (χ3v) is 3.27. The maximum absolute atomic E-state index is 5.70. The monoisotopic (exact) mass is 318 g/mol. The first-order chi connectivity index (χ1) is 7.24. The van der Waals surface area contributed by atoms with Gasteiger partial charge in [0, 0.05) is 0 Å². The van der Waals surface area contributed by atoms with Crippen LogP contribution >= 0.6 is 22.6 Å². The number of allylic oxidation sites excluding steroid dienone is 4. The van der Waals surface area contributed by atoms with E-state index >= 15 is 0 Å². The van der Waals surface area contributed by atoms with Crippen LogP contribution in [0.3, 0.4) is 0 Å². The van der Waals surface area contributed by atoms with Gasteiger partial charge in [0.25, 0.3) is 0 Å². The summed E-state index contributed by atoms with van der Waals surface area (Å²) >= 11 is 2.40. The fraction of sp³-hybridized carbons (Fsp3) is 0.538. The molecule has 0 spiro atoms. The molecule has 1 aliphatic carbocycles. The Bertz CT molecular complexity index is 276. The number of rotatable bonds is 3. The average Bonchev–Trinajstić information content (AvgIpc) is 2.30. The smallest absolute Gasteiger partial charge is 0.121 e. The van der Waals surface area contributed by atoms with E-state index < -0.39 is 0 Å². The van der Waals surface area contributed by atoms with Crippen molar-refractivity contribution in [1.29, 1.82) is 0 Å². The van der Waals surface area contributed by atoms with Gasteiger partial charge in [-0.2, -0.15) is 0 Å². The number of hydrogen-bond acceptors (Lipinski definition) is 1. The molecule has 0 aromatic rings. The summed E-state index contributed by atoms with van der Waals surface area (Å²) < 4.78 is 7.10. The highest BCUT2D eigenvalue weighted by Crippen LogP contribution is 2.24. The topological polar surface area (TPSA) is 9.23 Å². The zero-order chi connectivity index (χ0) is 11.1. The number of ether oxygens (including phenoxy) is 1. The van der Waals surface area contributed by atoms with Crippen LogP contribution in [-0.4, -0.2) is 6.61 Å². The predicted octanol–water partition coefficient (Wildman–Crippen LogP) is 4.75. The SMILES string of the molecule is C=C1CCCC/C(I)=C\C=C1OCCC. The summed E-state index contributed by atoms with van der Waals surface area (Å²) in [6.07, 6.45) is 9.99. The van der Waals surface area contributed by atoms with E-state index in [2.05, 4.69) is 48.2 Å². The lowest BCUT2D eigenvalue weighted by Gasteiger charge is -2.11. The van der Waals surface area contributed by atoms with Gasteiger partial charge in [-0.15, -0.1) is 0 Å². The zero-order valence-electron chi connectivity index (χ0n) is 9.39. The van der Waals surface area contributed by atoms with Gasteiger partial charge in [0.05, 0.1) is 6.61 Å². The molecule has 0 aromatic heterocycles. The van der Waals surface area contributed by atoms with Gasteiger partial charge in [-0.05, 0) is 76.0 Å². The van der Waals surface area contributed by atoms with E-state index in [4.69, 9.17) is 4.74 Å². The van der Waals surface area contributed by atoms with Gasteiger partial charge in [0.1, 0.15) is 5.76 Å². The molecule has 84 valence electrons. The largest absolute Gasteiger partial charge is 0.493 e. The van der Waals surface area contributed by atoms with Crippen molar-refractivity contribution in [2.24, 2.45) is 0 Å². The summed E-state index contributed by atoms with van der Waals surface area (Å²) in [4.78, 5) is 0. The van der Waals surface area contributed by atoms with E-state index in [1.807, 2.05) is 0 Å². The van der Waals surface area contributed by atoms with Gasteiger partial charge in [0.15, 0.2) is 0 Å². The Hall–Kier alpha value is -0.250. The molecule has 0 heterocycles. The summed E-state index contributed by atoms with van der Waals surface area (Å²) in [5, 5.41) is 0. The lowest BCUT2D eigenvalue weighted by Crippen LogP contribution is -1.96. The molecule has 0 saturated heterocycles. The summed E-state index contributed by atoms with van der Waals surface area (Å²) in [6, 6.07) is 0. The summed E-state index contributed by atoms with van der Waals surface area (Å²) in [6.45, 7) is 7.00. The molecule has 0 amide bonds. The highest BCUT2D eigenvalue weighted by atomic mass is 127. The lowest BCUT2D eigenvalue weighted by molar-refractivity contribution is 0.219. The van der Waals surface area contributed by atoms with Crippen LogP contribution in [0, 0.1) is 0 Å². The highest BCUT2D eigenvalue weighted by Gasteiger charge is 2.06. The third-order valence-electron chi connectivity index (χ3n) is 2.37. The van der Waals surface area contributed by atoms with E-state index in [9.17, 15) is 0 Å². The Labute approximate surface area is 106 Å².